The average molecular weight is 336 g/mol. The molecule has 2 aliphatic rings. The van der Waals surface area contributed by atoms with Crippen molar-refractivity contribution in [3.8, 4) is 0 Å². The van der Waals surface area contributed by atoms with Crippen molar-refractivity contribution in [2.45, 2.75) is 12.8 Å². The smallest absolute Gasteiger partial charge is 0.228 e. The minimum absolute atomic E-state index is 0.0255. The monoisotopic (exact) mass is 335 g/mol. The van der Waals surface area contributed by atoms with Gasteiger partial charge in [-0.2, -0.15) is 0 Å². The van der Waals surface area contributed by atoms with Gasteiger partial charge in [0.2, 0.25) is 11.8 Å². The van der Waals surface area contributed by atoms with Crippen molar-refractivity contribution in [2.24, 2.45) is 11.8 Å². The number of para-hydroxylation sites is 1. The summed E-state index contributed by atoms with van der Waals surface area (Å²) in [4.78, 5) is 28.6. The second-order valence-electron chi connectivity index (χ2n) is 6.35. The maximum atomic E-state index is 12.7. The van der Waals surface area contributed by atoms with Gasteiger partial charge in [-0.3, -0.25) is 9.59 Å². The zero-order chi connectivity index (χ0) is 16.4. The van der Waals surface area contributed by atoms with Gasteiger partial charge < -0.3 is 15.1 Å². The number of rotatable bonds is 4. The Balaban J connectivity index is 1.66. The summed E-state index contributed by atoms with van der Waals surface area (Å²) in [5, 5.41) is 3.71. The van der Waals surface area contributed by atoms with Crippen molar-refractivity contribution in [2.75, 3.05) is 38.1 Å². The number of anilines is 1. The second kappa shape index (κ2) is 6.89. The summed E-state index contributed by atoms with van der Waals surface area (Å²) in [6, 6.07) is 7.28. The number of nitrogens with zero attached hydrogens (tertiary/aromatic N) is 2. The Labute approximate surface area is 141 Å². The number of amides is 2. The highest BCUT2D eigenvalue weighted by Crippen LogP contribution is 2.32. The van der Waals surface area contributed by atoms with Crippen LogP contribution in [0.4, 0.5) is 5.69 Å². The lowest BCUT2D eigenvalue weighted by Crippen LogP contribution is -2.36. The molecule has 0 saturated carbocycles. The first-order valence-electron chi connectivity index (χ1n) is 8.08. The first kappa shape index (κ1) is 16.3. The quantitative estimate of drug-likeness (QED) is 0.912. The summed E-state index contributed by atoms with van der Waals surface area (Å²) in [5.41, 5.74) is 0.698. The van der Waals surface area contributed by atoms with Crippen molar-refractivity contribution in [1.29, 1.82) is 0 Å². The number of hydrogen-bond acceptors (Lipinski definition) is 3. The van der Waals surface area contributed by atoms with Crippen LogP contribution in [0.3, 0.4) is 0 Å². The van der Waals surface area contributed by atoms with E-state index in [1.165, 1.54) is 0 Å². The molecule has 2 unspecified atom stereocenters. The predicted octanol–water partition coefficient (Wildman–Crippen LogP) is 1.76. The molecule has 1 aromatic carbocycles. The van der Waals surface area contributed by atoms with Crippen LogP contribution in [0.15, 0.2) is 24.3 Å². The SMILES string of the molecule is CNCC1CCN(C(=O)C2CC(=O)N(c3ccccc3Cl)C2)C1. The number of benzene rings is 1. The standard InChI is InChI=1S/C17H22ClN3O2/c1-19-9-12-6-7-20(10-12)17(23)13-8-16(22)21(11-13)15-5-3-2-4-14(15)18/h2-5,12-13,19H,6-11H2,1H3. The molecule has 6 heteroatoms. The molecule has 0 aromatic heterocycles. The van der Waals surface area contributed by atoms with E-state index >= 15 is 0 Å². The van der Waals surface area contributed by atoms with Gasteiger partial charge in [-0.05, 0) is 38.1 Å². The lowest BCUT2D eigenvalue weighted by atomic mass is 10.1. The molecule has 2 heterocycles. The van der Waals surface area contributed by atoms with E-state index < -0.39 is 0 Å². The van der Waals surface area contributed by atoms with Gasteiger partial charge in [0.1, 0.15) is 0 Å². The van der Waals surface area contributed by atoms with E-state index in [-0.39, 0.29) is 24.2 Å². The Morgan fingerprint density at radius 3 is 2.87 bits per heavy atom. The number of likely N-dealkylation sites (tertiary alicyclic amines) is 1. The van der Waals surface area contributed by atoms with Crippen molar-refractivity contribution in [3.63, 3.8) is 0 Å². The Morgan fingerprint density at radius 2 is 2.13 bits per heavy atom. The number of carbonyl (C=O) groups is 2. The summed E-state index contributed by atoms with van der Waals surface area (Å²) < 4.78 is 0. The molecule has 3 rings (SSSR count). The Morgan fingerprint density at radius 1 is 1.35 bits per heavy atom. The highest BCUT2D eigenvalue weighted by atomic mass is 35.5. The van der Waals surface area contributed by atoms with Gasteiger partial charge in [-0.1, -0.05) is 23.7 Å². The second-order valence-corrected chi connectivity index (χ2v) is 6.76. The van der Waals surface area contributed by atoms with Crippen LogP contribution in [0.5, 0.6) is 0 Å². The molecule has 2 fully saturated rings. The van der Waals surface area contributed by atoms with Gasteiger partial charge in [0.05, 0.1) is 16.6 Å². The maximum absolute atomic E-state index is 12.7. The summed E-state index contributed by atoms with van der Waals surface area (Å²) in [5.74, 6) is 0.335. The van der Waals surface area contributed by atoms with Crippen LogP contribution in [-0.2, 0) is 9.59 Å². The average Bonchev–Trinajstić information content (AvgIpc) is 3.15. The van der Waals surface area contributed by atoms with E-state index in [2.05, 4.69) is 5.32 Å². The number of halogens is 1. The molecule has 124 valence electrons. The number of hydrogen-bond donors (Lipinski definition) is 1. The van der Waals surface area contributed by atoms with Crippen LogP contribution >= 0.6 is 11.6 Å². The molecular weight excluding hydrogens is 314 g/mol. The molecule has 2 aliphatic heterocycles. The van der Waals surface area contributed by atoms with E-state index in [0.717, 1.165) is 26.1 Å². The molecule has 1 N–H and O–H groups in total. The molecule has 0 radical (unpaired) electrons. The van der Waals surface area contributed by atoms with Crippen molar-refractivity contribution < 1.29 is 9.59 Å². The summed E-state index contributed by atoms with van der Waals surface area (Å²) in [7, 11) is 1.93. The third-order valence-corrected chi connectivity index (χ3v) is 5.03. The highest BCUT2D eigenvalue weighted by Gasteiger charge is 2.39. The van der Waals surface area contributed by atoms with Gasteiger partial charge in [0.25, 0.3) is 0 Å². The Kier molecular flexibility index (Phi) is 4.87. The molecule has 2 saturated heterocycles. The largest absolute Gasteiger partial charge is 0.342 e. The van der Waals surface area contributed by atoms with Crippen molar-refractivity contribution in [1.82, 2.24) is 10.2 Å². The van der Waals surface area contributed by atoms with E-state index in [1.807, 2.05) is 30.1 Å². The van der Waals surface area contributed by atoms with Gasteiger partial charge in [0, 0.05) is 26.1 Å². The summed E-state index contributed by atoms with van der Waals surface area (Å²) in [6.07, 6.45) is 1.30. The van der Waals surface area contributed by atoms with Gasteiger partial charge in [-0.15, -0.1) is 0 Å². The fourth-order valence-corrected chi connectivity index (χ4v) is 3.76. The Bertz CT molecular complexity index is 607. The van der Waals surface area contributed by atoms with Crippen LogP contribution in [0.1, 0.15) is 12.8 Å². The molecule has 5 nitrogen and oxygen atoms in total. The van der Waals surface area contributed by atoms with E-state index in [4.69, 9.17) is 11.6 Å². The lowest BCUT2D eigenvalue weighted by molar-refractivity contribution is -0.134. The predicted molar refractivity (Wildman–Crippen MR) is 90.5 cm³/mol. The van der Waals surface area contributed by atoms with Crippen LogP contribution in [0.2, 0.25) is 5.02 Å². The molecule has 0 spiro atoms. The lowest BCUT2D eigenvalue weighted by Gasteiger charge is -2.21. The van der Waals surface area contributed by atoms with E-state index in [1.54, 1.807) is 11.0 Å². The topological polar surface area (TPSA) is 52.7 Å². The van der Waals surface area contributed by atoms with E-state index in [9.17, 15) is 9.59 Å². The van der Waals surface area contributed by atoms with Crippen LogP contribution < -0.4 is 10.2 Å². The van der Waals surface area contributed by atoms with Crippen molar-refractivity contribution >= 4 is 29.1 Å². The fraction of sp³-hybridized carbons (Fsp3) is 0.529. The first-order valence-corrected chi connectivity index (χ1v) is 8.46. The van der Waals surface area contributed by atoms with E-state index in [0.29, 0.717) is 23.2 Å². The maximum Gasteiger partial charge on any atom is 0.228 e. The van der Waals surface area contributed by atoms with Crippen LogP contribution in [-0.4, -0.2) is 49.9 Å². The number of nitrogens with one attached hydrogen (secondary N) is 1. The minimum atomic E-state index is -0.257. The summed E-state index contributed by atoms with van der Waals surface area (Å²) in [6.45, 7) is 2.94. The molecule has 2 amide bonds. The molecule has 1 aromatic rings. The molecule has 0 bridgehead atoms. The van der Waals surface area contributed by atoms with Crippen LogP contribution in [0, 0.1) is 11.8 Å². The molecule has 2 atom stereocenters. The third kappa shape index (κ3) is 3.35. The Hall–Kier alpha value is -1.59. The van der Waals surface area contributed by atoms with Crippen LogP contribution in [0.25, 0.3) is 0 Å². The minimum Gasteiger partial charge on any atom is -0.342 e. The molecular formula is C17H22ClN3O2. The van der Waals surface area contributed by atoms with Gasteiger partial charge in [0.15, 0.2) is 0 Å². The molecule has 23 heavy (non-hydrogen) atoms. The van der Waals surface area contributed by atoms with Gasteiger partial charge >= 0.3 is 0 Å². The normalized spacial score (nSPS) is 24.5. The first-order chi connectivity index (χ1) is 11.1. The zero-order valence-electron chi connectivity index (χ0n) is 13.3. The number of carbonyl (C=O) groups excluding carboxylic acids is 2. The fourth-order valence-electron chi connectivity index (χ4n) is 3.52. The van der Waals surface area contributed by atoms with Gasteiger partial charge in [-0.25, -0.2) is 0 Å². The highest BCUT2D eigenvalue weighted by molar-refractivity contribution is 6.33. The zero-order valence-corrected chi connectivity index (χ0v) is 14.1. The third-order valence-electron chi connectivity index (χ3n) is 4.71. The summed E-state index contributed by atoms with van der Waals surface area (Å²) >= 11 is 6.18. The molecule has 0 aliphatic carbocycles. The van der Waals surface area contributed by atoms with Crippen molar-refractivity contribution in [3.05, 3.63) is 29.3 Å².